The SMILES string of the molecule is Cc1nc(-c2ncc(Br)cc2Br)ncc1C(C)N. The van der Waals surface area contributed by atoms with Gasteiger partial charge in [-0.1, -0.05) is 0 Å². The van der Waals surface area contributed by atoms with Crippen molar-refractivity contribution in [3.8, 4) is 11.5 Å². The van der Waals surface area contributed by atoms with E-state index in [0.717, 1.165) is 25.9 Å². The van der Waals surface area contributed by atoms with Gasteiger partial charge in [-0.2, -0.15) is 0 Å². The van der Waals surface area contributed by atoms with Gasteiger partial charge >= 0.3 is 0 Å². The molecule has 4 nitrogen and oxygen atoms in total. The molecule has 18 heavy (non-hydrogen) atoms. The molecule has 0 saturated carbocycles. The maximum atomic E-state index is 5.84. The van der Waals surface area contributed by atoms with E-state index in [4.69, 9.17) is 5.73 Å². The number of nitrogens with two attached hydrogens (primary N) is 1. The number of aryl methyl sites for hydroxylation is 1. The zero-order valence-corrected chi connectivity index (χ0v) is 13.2. The molecule has 0 aliphatic heterocycles. The normalized spacial score (nSPS) is 12.5. The molecule has 0 aliphatic carbocycles. The van der Waals surface area contributed by atoms with Crippen LogP contribution in [0.2, 0.25) is 0 Å². The summed E-state index contributed by atoms with van der Waals surface area (Å²) in [7, 11) is 0. The van der Waals surface area contributed by atoms with Gasteiger partial charge in [-0.05, 0) is 51.8 Å². The maximum Gasteiger partial charge on any atom is 0.179 e. The zero-order valence-electron chi connectivity index (χ0n) is 9.98. The van der Waals surface area contributed by atoms with Crippen LogP contribution < -0.4 is 5.73 Å². The summed E-state index contributed by atoms with van der Waals surface area (Å²) in [6.07, 6.45) is 3.48. The largest absolute Gasteiger partial charge is 0.324 e. The highest BCUT2D eigenvalue weighted by Crippen LogP contribution is 2.26. The van der Waals surface area contributed by atoms with Crippen molar-refractivity contribution in [3.63, 3.8) is 0 Å². The van der Waals surface area contributed by atoms with E-state index < -0.39 is 0 Å². The molecule has 2 aromatic heterocycles. The van der Waals surface area contributed by atoms with Crippen LogP contribution in [0, 0.1) is 6.92 Å². The molecule has 0 bridgehead atoms. The van der Waals surface area contributed by atoms with Gasteiger partial charge in [0.15, 0.2) is 5.82 Å². The van der Waals surface area contributed by atoms with Crippen LogP contribution in [0.1, 0.15) is 24.2 Å². The second-order valence-corrected chi connectivity index (χ2v) is 5.78. The molecule has 0 saturated heterocycles. The smallest absolute Gasteiger partial charge is 0.179 e. The average Bonchev–Trinajstić information content (AvgIpc) is 2.28. The monoisotopic (exact) mass is 370 g/mol. The molecule has 0 radical (unpaired) electrons. The fourth-order valence-electron chi connectivity index (χ4n) is 1.62. The lowest BCUT2D eigenvalue weighted by molar-refractivity contribution is 0.789. The van der Waals surface area contributed by atoms with Crippen LogP contribution in [0.15, 0.2) is 27.4 Å². The van der Waals surface area contributed by atoms with Crippen LogP contribution in [0.5, 0.6) is 0 Å². The van der Waals surface area contributed by atoms with Crippen LogP contribution in [0.3, 0.4) is 0 Å². The summed E-state index contributed by atoms with van der Waals surface area (Å²) in [5.74, 6) is 0.594. The van der Waals surface area contributed by atoms with Crippen molar-refractivity contribution in [2.24, 2.45) is 5.73 Å². The van der Waals surface area contributed by atoms with Crippen LogP contribution in [-0.2, 0) is 0 Å². The molecule has 0 fully saturated rings. The van der Waals surface area contributed by atoms with E-state index in [2.05, 4.69) is 46.8 Å². The number of hydrogen-bond acceptors (Lipinski definition) is 4. The van der Waals surface area contributed by atoms with E-state index in [1.165, 1.54) is 0 Å². The molecule has 0 aromatic carbocycles. The minimum absolute atomic E-state index is 0.0691. The van der Waals surface area contributed by atoms with Gasteiger partial charge in [0, 0.05) is 38.6 Å². The molecule has 94 valence electrons. The number of halogens is 2. The number of nitrogens with zero attached hydrogens (tertiary/aromatic N) is 3. The Morgan fingerprint density at radius 3 is 2.50 bits per heavy atom. The molecule has 2 aromatic rings. The maximum absolute atomic E-state index is 5.84. The second-order valence-electron chi connectivity index (χ2n) is 4.01. The van der Waals surface area contributed by atoms with Crippen molar-refractivity contribution in [2.45, 2.75) is 19.9 Å². The number of aromatic nitrogens is 3. The molecule has 1 unspecified atom stereocenters. The summed E-state index contributed by atoms with van der Waals surface area (Å²) >= 11 is 6.82. The van der Waals surface area contributed by atoms with Gasteiger partial charge < -0.3 is 5.73 Å². The molecular formula is C12H12Br2N4. The first kappa shape index (κ1) is 13.6. The third-order valence-corrected chi connectivity index (χ3v) is 3.57. The van der Waals surface area contributed by atoms with E-state index in [0.29, 0.717) is 5.82 Å². The van der Waals surface area contributed by atoms with Crippen LogP contribution in [-0.4, -0.2) is 15.0 Å². The summed E-state index contributed by atoms with van der Waals surface area (Å²) in [5.41, 5.74) is 8.39. The Balaban J connectivity index is 2.49. The fourth-order valence-corrected chi connectivity index (χ4v) is 2.78. The van der Waals surface area contributed by atoms with E-state index >= 15 is 0 Å². The third kappa shape index (κ3) is 2.76. The lowest BCUT2D eigenvalue weighted by Crippen LogP contribution is -2.09. The topological polar surface area (TPSA) is 64.7 Å². The Hall–Kier alpha value is -0.850. The van der Waals surface area contributed by atoms with Crippen LogP contribution in [0.25, 0.3) is 11.5 Å². The molecule has 0 aliphatic rings. The molecule has 2 rings (SSSR count). The van der Waals surface area contributed by atoms with Crippen molar-refractivity contribution >= 4 is 31.9 Å². The molecule has 6 heteroatoms. The highest BCUT2D eigenvalue weighted by atomic mass is 79.9. The highest BCUT2D eigenvalue weighted by molar-refractivity contribution is 9.11. The van der Waals surface area contributed by atoms with Gasteiger partial charge in [0.25, 0.3) is 0 Å². The molecule has 2 N–H and O–H groups in total. The zero-order chi connectivity index (χ0) is 13.3. The summed E-state index contributed by atoms with van der Waals surface area (Å²) in [4.78, 5) is 13.1. The van der Waals surface area contributed by atoms with Gasteiger partial charge in [-0.15, -0.1) is 0 Å². The lowest BCUT2D eigenvalue weighted by atomic mass is 10.1. The van der Waals surface area contributed by atoms with Crippen molar-refractivity contribution in [1.82, 2.24) is 15.0 Å². The number of hydrogen-bond donors (Lipinski definition) is 1. The average molecular weight is 372 g/mol. The molecule has 2 heterocycles. The number of pyridine rings is 1. The van der Waals surface area contributed by atoms with Crippen molar-refractivity contribution in [2.75, 3.05) is 0 Å². The first-order chi connectivity index (χ1) is 8.49. The quantitative estimate of drug-likeness (QED) is 0.878. The molecule has 0 amide bonds. The van der Waals surface area contributed by atoms with Crippen LogP contribution in [0.4, 0.5) is 0 Å². The van der Waals surface area contributed by atoms with Crippen LogP contribution >= 0.6 is 31.9 Å². The Bertz CT molecular complexity index is 584. The van der Waals surface area contributed by atoms with E-state index in [1.807, 2.05) is 19.9 Å². The highest BCUT2D eigenvalue weighted by Gasteiger charge is 2.12. The second kappa shape index (κ2) is 5.42. The predicted octanol–water partition coefficient (Wildman–Crippen LogP) is 3.39. The van der Waals surface area contributed by atoms with Gasteiger partial charge in [-0.3, -0.25) is 4.98 Å². The van der Waals surface area contributed by atoms with Crippen molar-refractivity contribution < 1.29 is 0 Å². The summed E-state index contributed by atoms with van der Waals surface area (Å²) in [6.45, 7) is 3.84. The Morgan fingerprint density at radius 2 is 1.94 bits per heavy atom. The molecule has 0 spiro atoms. The predicted molar refractivity (Wildman–Crippen MR) is 78.0 cm³/mol. The minimum Gasteiger partial charge on any atom is -0.324 e. The Morgan fingerprint density at radius 1 is 1.22 bits per heavy atom. The van der Waals surface area contributed by atoms with Crippen molar-refractivity contribution in [1.29, 1.82) is 0 Å². The summed E-state index contributed by atoms with van der Waals surface area (Å²) in [5, 5.41) is 0. The van der Waals surface area contributed by atoms with E-state index in [9.17, 15) is 0 Å². The van der Waals surface area contributed by atoms with Crippen molar-refractivity contribution in [3.05, 3.63) is 38.7 Å². The lowest BCUT2D eigenvalue weighted by Gasteiger charge is -2.10. The molecule has 1 atom stereocenters. The summed E-state index contributed by atoms with van der Waals surface area (Å²) in [6, 6.07) is 1.85. The first-order valence-electron chi connectivity index (χ1n) is 5.39. The van der Waals surface area contributed by atoms with Gasteiger partial charge in [0.1, 0.15) is 5.69 Å². The Kier molecular flexibility index (Phi) is 4.09. The fraction of sp³-hybridized carbons (Fsp3) is 0.250. The van der Waals surface area contributed by atoms with Gasteiger partial charge in [0.05, 0.1) is 0 Å². The van der Waals surface area contributed by atoms with Gasteiger partial charge in [-0.25, -0.2) is 9.97 Å². The molecular weight excluding hydrogens is 360 g/mol. The summed E-state index contributed by atoms with van der Waals surface area (Å²) < 4.78 is 1.76. The van der Waals surface area contributed by atoms with E-state index in [1.54, 1.807) is 12.4 Å². The standard InChI is InChI=1S/C12H12Br2N4/c1-6(15)9-5-17-12(18-7(9)2)11-10(14)3-8(13)4-16-11/h3-6H,15H2,1-2H3. The third-order valence-electron chi connectivity index (χ3n) is 2.53. The van der Waals surface area contributed by atoms with E-state index in [-0.39, 0.29) is 6.04 Å². The number of rotatable bonds is 2. The first-order valence-corrected chi connectivity index (χ1v) is 6.98. The Labute approximate surface area is 122 Å². The van der Waals surface area contributed by atoms with Gasteiger partial charge in [0.2, 0.25) is 0 Å². The minimum atomic E-state index is -0.0691.